The van der Waals surface area contributed by atoms with Crippen molar-refractivity contribution in [3.63, 3.8) is 0 Å². The normalized spacial score (nSPS) is 37.2. The Hall–Kier alpha value is -2.47. The van der Waals surface area contributed by atoms with Gasteiger partial charge in [0, 0.05) is 17.8 Å². The molecule has 0 unspecified atom stereocenters. The van der Waals surface area contributed by atoms with E-state index in [1.165, 1.54) is 29.6 Å². The van der Waals surface area contributed by atoms with Gasteiger partial charge in [-0.3, -0.25) is 4.79 Å². The van der Waals surface area contributed by atoms with Gasteiger partial charge in [0.15, 0.2) is 17.3 Å². The Morgan fingerprint density at radius 1 is 1.06 bits per heavy atom. The lowest BCUT2D eigenvalue weighted by Crippen LogP contribution is -2.46. The topological polar surface area (TPSA) is 35.5 Å². The van der Waals surface area contributed by atoms with Gasteiger partial charge < -0.3 is 9.47 Å². The zero-order valence-electron chi connectivity index (χ0n) is 19.4. The van der Waals surface area contributed by atoms with Gasteiger partial charge in [0.05, 0.1) is 0 Å². The molecule has 1 heterocycles. The van der Waals surface area contributed by atoms with Gasteiger partial charge in [0.2, 0.25) is 6.79 Å². The van der Waals surface area contributed by atoms with Crippen molar-refractivity contribution in [3.8, 4) is 23.3 Å². The van der Waals surface area contributed by atoms with Crippen molar-refractivity contribution >= 4 is 5.78 Å². The molecule has 0 saturated heterocycles. The highest BCUT2D eigenvalue weighted by atomic mass is 16.7. The smallest absolute Gasteiger partial charge is 0.231 e. The lowest BCUT2D eigenvalue weighted by atomic mass is 9.49. The maximum Gasteiger partial charge on any atom is 0.231 e. The molecule has 5 atom stereocenters. The number of benzene rings is 1. The molecule has 3 nitrogen and oxygen atoms in total. The predicted octanol–water partition coefficient (Wildman–Crippen LogP) is 6.34. The zero-order chi connectivity index (χ0) is 22.1. The van der Waals surface area contributed by atoms with Crippen LogP contribution in [0.4, 0.5) is 0 Å². The molecule has 5 aliphatic rings. The first-order valence-corrected chi connectivity index (χ1v) is 12.2. The average Bonchev–Trinajstić information content (AvgIpc) is 3.35. The Bertz CT molecular complexity index is 1130. The summed E-state index contributed by atoms with van der Waals surface area (Å²) >= 11 is 0. The van der Waals surface area contributed by atoms with Crippen molar-refractivity contribution < 1.29 is 14.3 Å². The highest BCUT2D eigenvalue weighted by Gasteiger charge is 2.61. The van der Waals surface area contributed by atoms with Gasteiger partial charge in [0.1, 0.15) is 0 Å². The Morgan fingerprint density at radius 2 is 1.91 bits per heavy atom. The highest BCUT2D eigenvalue weighted by molar-refractivity contribution is 5.93. The van der Waals surface area contributed by atoms with E-state index in [-0.39, 0.29) is 10.8 Å². The molecule has 32 heavy (non-hydrogen) atoms. The third kappa shape index (κ3) is 2.71. The van der Waals surface area contributed by atoms with E-state index in [1.54, 1.807) is 5.57 Å². The quantitative estimate of drug-likeness (QED) is 0.489. The van der Waals surface area contributed by atoms with Crippen molar-refractivity contribution in [2.45, 2.75) is 71.6 Å². The number of fused-ring (bicyclic) bond motifs is 5. The Balaban J connectivity index is 1.54. The van der Waals surface area contributed by atoms with Crippen molar-refractivity contribution in [2.75, 3.05) is 6.79 Å². The summed E-state index contributed by atoms with van der Waals surface area (Å²) in [5.41, 5.74) is 6.01. The summed E-state index contributed by atoms with van der Waals surface area (Å²) in [7, 11) is 0. The minimum atomic E-state index is 0.0514. The van der Waals surface area contributed by atoms with Crippen molar-refractivity contribution in [2.24, 2.45) is 22.7 Å². The molecule has 0 radical (unpaired) electrons. The monoisotopic (exact) mass is 428 g/mol. The zero-order valence-corrected chi connectivity index (χ0v) is 19.4. The number of ether oxygens (including phenoxy) is 2. The lowest BCUT2D eigenvalue weighted by Gasteiger charge is -2.54. The molecule has 2 saturated carbocycles. The molecule has 1 aromatic rings. The lowest BCUT2D eigenvalue weighted by molar-refractivity contribution is -0.114. The molecule has 166 valence electrons. The summed E-state index contributed by atoms with van der Waals surface area (Å²) in [4.78, 5) is 12.2. The van der Waals surface area contributed by atoms with Crippen LogP contribution in [0.5, 0.6) is 11.5 Å². The summed E-state index contributed by atoms with van der Waals surface area (Å²) in [5.74, 6) is 10.6. The van der Waals surface area contributed by atoms with E-state index in [4.69, 9.17) is 9.47 Å². The predicted molar refractivity (Wildman–Crippen MR) is 124 cm³/mol. The molecule has 6 rings (SSSR count). The first kappa shape index (κ1) is 20.2. The molecular weight excluding hydrogens is 396 g/mol. The molecule has 0 spiro atoms. The molecule has 0 amide bonds. The van der Waals surface area contributed by atoms with Crippen molar-refractivity contribution in [1.82, 2.24) is 0 Å². The number of hydrogen-bond donors (Lipinski definition) is 0. The first-order chi connectivity index (χ1) is 15.4. The van der Waals surface area contributed by atoms with E-state index in [0.29, 0.717) is 36.8 Å². The maximum atomic E-state index is 12.2. The average molecular weight is 429 g/mol. The Morgan fingerprint density at radius 3 is 2.75 bits per heavy atom. The first-order valence-electron chi connectivity index (χ1n) is 12.2. The van der Waals surface area contributed by atoms with Crippen LogP contribution in [0.2, 0.25) is 0 Å². The van der Waals surface area contributed by atoms with Gasteiger partial charge in [-0.2, -0.15) is 0 Å². The summed E-state index contributed by atoms with van der Waals surface area (Å²) in [5, 5.41) is 0. The number of rotatable bonds is 1. The summed E-state index contributed by atoms with van der Waals surface area (Å²) in [6, 6.07) is 6.54. The van der Waals surface area contributed by atoms with Crippen LogP contribution >= 0.6 is 0 Å². The van der Waals surface area contributed by atoms with Gasteiger partial charge in [-0.1, -0.05) is 24.5 Å². The van der Waals surface area contributed by atoms with Gasteiger partial charge >= 0.3 is 0 Å². The van der Waals surface area contributed by atoms with Crippen LogP contribution in [0.25, 0.3) is 0 Å². The number of carbonyl (C=O) groups excluding carboxylic acids is 1. The van der Waals surface area contributed by atoms with Crippen molar-refractivity contribution in [3.05, 3.63) is 46.6 Å². The number of ketones is 1. The van der Waals surface area contributed by atoms with Gasteiger partial charge in [0.25, 0.3) is 0 Å². The maximum absolute atomic E-state index is 12.2. The minimum Gasteiger partial charge on any atom is -0.454 e. The van der Waals surface area contributed by atoms with Crippen LogP contribution in [0.15, 0.2) is 41.0 Å². The second-order valence-corrected chi connectivity index (χ2v) is 10.9. The van der Waals surface area contributed by atoms with Crippen LogP contribution in [0.3, 0.4) is 0 Å². The summed E-state index contributed by atoms with van der Waals surface area (Å²) in [6.07, 6.45) is 9.28. The second-order valence-electron chi connectivity index (χ2n) is 10.9. The van der Waals surface area contributed by atoms with Crippen LogP contribution in [0, 0.1) is 34.5 Å². The molecule has 0 aromatic heterocycles. The molecule has 0 N–H and O–H groups in total. The fourth-order valence-electron chi connectivity index (χ4n) is 7.81. The molecule has 3 heteroatoms. The molecule has 4 aliphatic carbocycles. The third-order valence-corrected chi connectivity index (χ3v) is 9.54. The highest BCUT2D eigenvalue weighted by Crippen LogP contribution is 2.69. The van der Waals surface area contributed by atoms with Gasteiger partial charge in [-0.05, 0) is 105 Å². The molecule has 2 fully saturated rings. The van der Waals surface area contributed by atoms with E-state index in [2.05, 4.69) is 43.9 Å². The fourth-order valence-corrected chi connectivity index (χ4v) is 7.81. The third-order valence-electron chi connectivity index (χ3n) is 9.54. The number of allylic oxidation sites excluding steroid dienone is 4. The van der Waals surface area contributed by atoms with Crippen LogP contribution in [-0.2, 0) is 4.79 Å². The molecule has 0 bridgehead atoms. The van der Waals surface area contributed by atoms with Gasteiger partial charge in [-0.25, -0.2) is 0 Å². The Labute approximate surface area is 191 Å². The van der Waals surface area contributed by atoms with E-state index in [0.717, 1.165) is 37.2 Å². The van der Waals surface area contributed by atoms with Gasteiger partial charge in [-0.15, -0.1) is 5.92 Å². The fraction of sp³-hybridized carbons (Fsp3) is 0.552. The number of hydrogen-bond acceptors (Lipinski definition) is 3. The minimum absolute atomic E-state index is 0.0514. The van der Waals surface area contributed by atoms with Crippen LogP contribution in [0.1, 0.15) is 77.2 Å². The van der Waals surface area contributed by atoms with E-state index < -0.39 is 0 Å². The summed E-state index contributed by atoms with van der Waals surface area (Å²) < 4.78 is 11.4. The van der Waals surface area contributed by atoms with E-state index in [9.17, 15) is 4.79 Å². The SMILES string of the molecule is CC#C[C@]1(C)CC[C@H]2[C@@H]3CCC4=CC(=O)CCC4=C3[C@@H](c3ccc4c(c3)OCO4)C[C@@]21C. The van der Waals surface area contributed by atoms with Crippen LogP contribution < -0.4 is 9.47 Å². The summed E-state index contributed by atoms with van der Waals surface area (Å²) in [6.45, 7) is 7.22. The largest absolute Gasteiger partial charge is 0.454 e. The van der Waals surface area contributed by atoms with E-state index in [1.807, 2.05) is 13.0 Å². The van der Waals surface area contributed by atoms with Crippen LogP contribution in [-0.4, -0.2) is 12.6 Å². The molecule has 1 aliphatic heterocycles. The van der Waals surface area contributed by atoms with E-state index >= 15 is 0 Å². The van der Waals surface area contributed by atoms with Crippen molar-refractivity contribution in [1.29, 1.82) is 0 Å². The Kier molecular flexibility index (Phi) is 4.42. The number of carbonyl (C=O) groups is 1. The molecule has 1 aromatic carbocycles. The molecular formula is C29H32O3. The standard InChI is InChI=1S/C29H32O3/c1-4-12-28(2)13-11-24-22-8-5-18-14-20(30)7-9-21(18)27(22)23(16-29(24,28)3)19-6-10-25-26(15-19)32-17-31-25/h6,10,14-15,22-24H,5,7-9,11,13,16-17H2,1-3H3/t22-,23+,24-,28+,29-/m0/s1. The second kappa shape index (κ2) is 7.01.